The summed E-state index contributed by atoms with van der Waals surface area (Å²) in [5, 5.41) is 28.2. The van der Waals surface area contributed by atoms with Crippen LogP contribution in [0.25, 0.3) is 11.6 Å². The summed E-state index contributed by atoms with van der Waals surface area (Å²) in [6.45, 7) is 2.28. The molecule has 0 bridgehead atoms. The molecule has 23 heavy (non-hydrogen) atoms. The van der Waals surface area contributed by atoms with E-state index in [4.69, 9.17) is 10.00 Å². The lowest BCUT2D eigenvalue weighted by Gasteiger charge is -2.09. The molecule has 0 amide bonds. The van der Waals surface area contributed by atoms with Crippen LogP contribution in [0.4, 0.5) is 0 Å². The summed E-state index contributed by atoms with van der Waals surface area (Å²) >= 11 is 2.02. The van der Waals surface area contributed by atoms with Crippen molar-refractivity contribution in [3.05, 3.63) is 56.7 Å². The average molecular weight is 416 g/mol. The van der Waals surface area contributed by atoms with Crippen LogP contribution in [0.5, 0.6) is 11.5 Å². The van der Waals surface area contributed by atoms with Crippen molar-refractivity contribution in [1.82, 2.24) is 0 Å². The second-order valence-corrected chi connectivity index (χ2v) is 5.80. The van der Waals surface area contributed by atoms with Crippen LogP contribution in [0.15, 0.2) is 36.4 Å². The van der Waals surface area contributed by atoms with Crippen LogP contribution in [0.2, 0.25) is 0 Å². The fourth-order valence-electron chi connectivity index (χ4n) is 2.01. The molecule has 0 atom stereocenters. The minimum atomic E-state index is 0.0986. The molecule has 0 spiro atoms. The van der Waals surface area contributed by atoms with Gasteiger partial charge in [0, 0.05) is 0 Å². The van der Waals surface area contributed by atoms with Crippen molar-refractivity contribution in [1.29, 1.82) is 10.5 Å². The van der Waals surface area contributed by atoms with E-state index in [0.717, 1.165) is 11.1 Å². The fraction of sp³-hybridized carbons (Fsp3) is 0.111. The highest BCUT2D eigenvalue weighted by Crippen LogP contribution is 2.34. The first-order valence-corrected chi connectivity index (χ1v) is 7.94. The van der Waals surface area contributed by atoms with Crippen molar-refractivity contribution in [3.63, 3.8) is 0 Å². The maximum atomic E-state index is 9.97. The van der Waals surface area contributed by atoms with Crippen LogP contribution in [0.3, 0.4) is 0 Å². The molecule has 2 aromatic carbocycles. The first-order valence-electron chi connectivity index (χ1n) is 6.86. The summed E-state index contributed by atoms with van der Waals surface area (Å²) in [6, 6.07) is 14.5. The van der Waals surface area contributed by atoms with Gasteiger partial charge in [-0.3, -0.25) is 0 Å². The van der Waals surface area contributed by atoms with Crippen LogP contribution in [0, 0.1) is 26.2 Å². The Kier molecular flexibility index (Phi) is 5.61. The Hall–Kier alpha value is -2.51. The van der Waals surface area contributed by atoms with Crippen LogP contribution in [-0.2, 0) is 0 Å². The lowest BCUT2D eigenvalue weighted by atomic mass is 10.0. The first-order chi connectivity index (χ1) is 11.1. The number of aromatic hydroxyl groups is 1. The second-order valence-electron chi connectivity index (χ2n) is 4.64. The van der Waals surface area contributed by atoms with Crippen molar-refractivity contribution < 1.29 is 9.84 Å². The molecule has 0 saturated heterocycles. The molecular formula is C18H13IN2O2. The Morgan fingerprint density at radius 2 is 1.96 bits per heavy atom. The molecule has 2 aromatic rings. The third-order valence-corrected chi connectivity index (χ3v) is 3.93. The van der Waals surface area contributed by atoms with Crippen molar-refractivity contribution in [2.45, 2.75) is 6.92 Å². The van der Waals surface area contributed by atoms with Crippen molar-refractivity contribution in [2.75, 3.05) is 6.61 Å². The van der Waals surface area contributed by atoms with Crippen LogP contribution in [-0.4, -0.2) is 11.7 Å². The molecule has 5 heteroatoms. The van der Waals surface area contributed by atoms with E-state index in [1.807, 2.05) is 35.6 Å². The Morgan fingerprint density at radius 3 is 2.52 bits per heavy atom. The summed E-state index contributed by atoms with van der Waals surface area (Å²) in [4.78, 5) is 0. The van der Waals surface area contributed by atoms with Crippen molar-refractivity contribution in [2.24, 2.45) is 0 Å². The molecule has 0 aliphatic heterocycles. The lowest BCUT2D eigenvalue weighted by Crippen LogP contribution is -1.94. The van der Waals surface area contributed by atoms with E-state index in [1.54, 1.807) is 42.5 Å². The largest absolute Gasteiger partial charge is 0.504 e. The summed E-state index contributed by atoms with van der Waals surface area (Å²) < 4.78 is 6.06. The Labute approximate surface area is 148 Å². The zero-order valence-electron chi connectivity index (χ0n) is 12.4. The minimum absolute atomic E-state index is 0.0986. The topological polar surface area (TPSA) is 77.0 Å². The molecule has 114 valence electrons. The van der Waals surface area contributed by atoms with Gasteiger partial charge in [-0.25, -0.2) is 0 Å². The predicted octanol–water partition coefficient (Wildman–Crippen LogP) is 4.33. The Morgan fingerprint density at radius 1 is 1.26 bits per heavy atom. The monoisotopic (exact) mass is 416 g/mol. The maximum absolute atomic E-state index is 9.97. The van der Waals surface area contributed by atoms with Gasteiger partial charge in [0.05, 0.1) is 33.5 Å². The molecule has 2 rings (SSSR count). The zero-order chi connectivity index (χ0) is 16.8. The summed E-state index contributed by atoms with van der Waals surface area (Å²) in [6.07, 6.45) is 1.73. The minimum Gasteiger partial charge on any atom is -0.504 e. The van der Waals surface area contributed by atoms with E-state index in [2.05, 4.69) is 6.07 Å². The first kappa shape index (κ1) is 16.9. The van der Waals surface area contributed by atoms with Gasteiger partial charge in [0.15, 0.2) is 11.5 Å². The van der Waals surface area contributed by atoms with Gasteiger partial charge in [-0.1, -0.05) is 12.1 Å². The highest BCUT2D eigenvalue weighted by Gasteiger charge is 2.09. The van der Waals surface area contributed by atoms with Crippen LogP contribution < -0.4 is 4.74 Å². The van der Waals surface area contributed by atoms with E-state index >= 15 is 0 Å². The molecule has 0 aromatic heterocycles. The standard InChI is InChI=1S/C18H13IN2O2/c1-2-23-17-9-13(8-16(19)18(17)22)7-15(11-21)14-5-3-12(10-20)4-6-14/h3-9,22H,2H2,1H3/b15-7-. The summed E-state index contributed by atoms with van der Waals surface area (Å²) in [5.74, 6) is 0.490. The molecule has 0 fully saturated rings. The third kappa shape index (κ3) is 4.02. The number of ether oxygens (including phenoxy) is 1. The van der Waals surface area contributed by atoms with Gasteiger partial charge in [0.1, 0.15) is 0 Å². The maximum Gasteiger partial charge on any atom is 0.171 e. The van der Waals surface area contributed by atoms with Gasteiger partial charge < -0.3 is 9.84 Å². The molecule has 0 aliphatic rings. The number of phenolic OH excluding ortho intramolecular Hbond substituents is 1. The van der Waals surface area contributed by atoms with E-state index in [-0.39, 0.29) is 5.75 Å². The molecule has 0 heterocycles. The van der Waals surface area contributed by atoms with Gasteiger partial charge in [-0.05, 0) is 71.0 Å². The van der Waals surface area contributed by atoms with E-state index in [0.29, 0.717) is 27.1 Å². The SMILES string of the molecule is CCOc1cc(/C=C(/C#N)c2ccc(C#N)cc2)cc(I)c1O. The fourth-order valence-corrected chi connectivity index (χ4v) is 2.64. The number of nitrogens with zero attached hydrogens (tertiary/aromatic N) is 2. The molecule has 4 nitrogen and oxygen atoms in total. The number of rotatable bonds is 4. The molecular weight excluding hydrogens is 403 g/mol. The molecule has 0 unspecified atom stereocenters. The van der Waals surface area contributed by atoms with Crippen molar-refractivity contribution in [3.8, 4) is 23.6 Å². The molecule has 0 saturated carbocycles. The number of nitriles is 2. The quantitative estimate of drug-likeness (QED) is 0.457. The average Bonchev–Trinajstić information content (AvgIpc) is 2.57. The molecule has 0 radical (unpaired) electrons. The van der Waals surface area contributed by atoms with Crippen LogP contribution >= 0.6 is 22.6 Å². The Bertz CT molecular complexity index is 828. The number of benzene rings is 2. The smallest absolute Gasteiger partial charge is 0.171 e. The van der Waals surface area contributed by atoms with Crippen LogP contribution in [0.1, 0.15) is 23.6 Å². The molecule has 1 N–H and O–H groups in total. The predicted molar refractivity (Wildman–Crippen MR) is 96.6 cm³/mol. The van der Waals surface area contributed by atoms with Gasteiger partial charge >= 0.3 is 0 Å². The lowest BCUT2D eigenvalue weighted by molar-refractivity contribution is 0.317. The number of phenols is 1. The summed E-state index contributed by atoms with van der Waals surface area (Å²) in [5.41, 5.74) is 2.51. The highest BCUT2D eigenvalue weighted by atomic mass is 127. The van der Waals surface area contributed by atoms with E-state index in [9.17, 15) is 10.4 Å². The second kappa shape index (κ2) is 7.66. The van der Waals surface area contributed by atoms with E-state index < -0.39 is 0 Å². The van der Waals surface area contributed by atoms with Gasteiger partial charge in [-0.2, -0.15) is 10.5 Å². The van der Waals surface area contributed by atoms with Gasteiger partial charge in [-0.15, -0.1) is 0 Å². The number of hydrogen-bond acceptors (Lipinski definition) is 4. The number of hydrogen-bond donors (Lipinski definition) is 1. The van der Waals surface area contributed by atoms with E-state index in [1.165, 1.54) is 0 Å². The number of allylic oxidation sites excluding steroid dienone is 1. The van der Waals surface area contributed by atoms with Gasteiger partial charge in [0.2, 0.25) is 0 Å². The molecule has 0 aliphatic carbocycles. The highest BCUT2D eigenvalue weighted by molar-refractivity contribution is 14.1. The zero-order valence-corrected chi connectivity index (χ0v) is 14.5. The normalized spacial score (nSPS) is 10.7. The third-order valence-electron chi connectivity index (χ3n) is 3.11. The summed E-state index contributed by atoms with van der Waals surface area (Å²) in [7, 11) is 0. The number of halogens is 1. The van der Waals surface area contributed by atoms with Crippen molar-refractivity contribution >= 4 is 34.2 Å². The van der Waals surface area contributed by atoms with Gasteiger partial charge in [0.25, 0.3) is 0 Å². The Balaban J connectivity index is 2.45.